The van der Waals surface area contributed by atoms with Crippen LogP contribution in [0.25, 0.3) is 10.9 Å². The largest absolute Gasteiger partial charge is 0.361 e. The van der Waals surface area contributed by atoms with Crippen molar-refractivity contribution >= 4 is 22.7 Å². The molecule has 1 spiro atoms. The lowest BCUT2D eigenvalue weighted by Crippen LogP contribution is -2.72. The van der Waals surface area contributed by atoms with Crippen LogP contribution in [-0.4, -0.2) is 51.3 Å². The van der Waals surface area contributed by atoms with Gasteiger partial charge in [-0.3, -0.25) is 14.5 Å². The zero-order chi connectivity index (χ0) is 25.2. The summed E-state index contributed by atoms with van der Waals surface area (Å²) < 4.78 is 0. The van der Waals surface area contributed by atoms with Crippen LogP contribution in [0, 0.1) is 5.92 Å². The Morgan fingerprint density at radius 1 is 0.865 bits per heavy atom. The van der Waals surface area contributed by atoms with Gasteiger partial charge < -0.3 is 15.2 Å². The number of likely N-dealkylation sites (tertiary alicyclic amines) is 1. The molecule has 3 heterocycles. The molecule has 1 saturated carbocycles. The third-order valence-electron chi connectivity index (χ3n) is 9.04. The van der Waals surface area contributed by atoms with Gasteiger partial charge in [-0.05, 0) is 42.4 Å². The number of hydrogen-bond acceptors (Lipinski definition) is 3. The van der Waals surface area contributed by atoms with Crippen LogP contribution in [0.3, 0.4) is 0 Å². The highest BCUT2D eigenvalue weighted by atomic mass is 16.2. The quantitative estimate of drug-likeness (QED) is 0.503. The molecule has 2 N–H and O–H groups in total. The molecule has 2 saturated heterocycles. The van der Waals surface area contributed by atoms with Crippen LogP contribution in [0.5, 0.6) is 0 Å². The Morgan fingerprint density at radius 2 is 1.59 bits per heavy atom. The Balaban J connectivity index is 1.21. The van der Waals surface area contributed by atoms with E-state index >= 15 is 0 Å². The first-order valence-corrected chi connectivity index (χ1v) is 14.1. The van der Waals surface area contributed by atoms with Crippen LogP contribution in [0.1, 0.15) is 62.5 Å². The fourth-order valence-corrected chi connectivity index (χ4v) is 6.87. The topological polar surface area (TPSA) is 68.4 Å². The van der Waals surface area contributed by atoms with Gasteiger partial charge in [0.1, 0.15) is 11.6 Å². The van der Waals surface area contributed by atoms with E-state index in [0.717, 1.165) is 37.1 Å². The molecule has 2 aliphatic heterocycles. The molecule has 6 nitrogen and oxygen atoms in total. The monoisotopic (exact) mass is 498 g/mol. The fourth-order valence-electron chi connectivity index (χ4n) is 6.87. The number of benzene rings is 2. The Kier molecular flexibility index (Phi) is 6.76. The van der Waals surface area contributed by atoms with E-state index in [-0.39, 0.29) is 11.8 Å². The van der Waals surface area contributed by atoms with Gasteiger partial charge >= 0.3 is 0 Å². The molecule has 1 aromatic heterocycles. The lowest BCUT2D eigenvalue weighted by atomic mass is 9.79. The zero-order valence-electron chi connectivity index (χ0n) is 21.6. The summed E-state index contributed by atoms with van der Waals surface area (Å²) in [6.45, 7) is 2.92. The number of aromatic amines is 1. The molecule has 37 heavy (non-hydrogen) atoms. The van der Waals surface area contributed by atoms with Crippen LogP contribution in [-0.2, 0) is 22.7 Å². The van der Waals surface area contributed by atoms with E-state index in [2.05, 4.69) is 57.8 Å². The van der Waals surface area contributed by atoms with Crippen molar-refractivity contribution in [2.45, 2.75) is 76.0 Å². The number of piperazine rings is 1. The van der Waals surface area contributed by atoms with E-state index in [1.54, 1.807) is 0 Å². The van der Waals surface area contributed by atoms with E-state index in [0.29, 0.717) is 25.3 Å². The van der Waals surface area contributed by atoms with Gasteiger partial charge in [-0.25, -0.2) is 0 Å². The highest BCUT2D eigenvalue weighted by Crippen LogP contribution is 2.37. The van der Waals surface area contributed by atoms with Crippen molar-refractivity contribution in [2.24, 2.45) is 5.92 Å². The summed E-state index contributed by atoms with van der Waals surface area (Å²) in [6, 6.07) is 18.2. The minimum absolute atomic E-state index is 0.0515. The molecule has 6 rings (SSSR count). The van der Waals surface area contributed by atoms with E-state index in [1.165, 1.54) is 43.1 Å². The Morgan fingerprint density at radius 3 is 2.38 bits per heavy atom. The molecule has 1 atom stereocenters. The van der Waals surface area contributed by atoms with Crippen molar-refractivity contribution in [2.75, 3.05) is 13.1 Å². The van der Waals surface area contributed by atoms with Crippen molar-refractivity contribution in [3.8, 4) is 0 Å². The van der Waals surface area contributed by atoms with Crippen molar-refractivity contribution in [1.29, 1.82) is 0 Å². The van der Waals surface area contributed by atoms with Crippen LogP contribution in [0.2, 0.25) is 0 Å². The zero-order valence-corrected chi connectivity index (χ0v) is 21.6. The average molecular weight is 499 g/mol. The van der Waals surface area contributed by atoms with Crippen LogP contribution in [0.15, 0.2) is 60.8 Å². The minimum Gasteiger partial charge on any atom is -0.361 e. The summed E-state index contributed by atoms with van der Waals surface area (Å²) in [4.78, 5) is 35.6. The number of H-pyrrole nitrogens is 1. The van der Waals surface area contributed by atoms with Crippen LogP contribution in [0.4, 0.5) is 0 Å². The van der Waals surface area contributed by atoms with Crippen LogP contribution < -0.4 is 5.32 Å². The van der Waals surface area contributed by atoms with E-state index in [1.807, 2.05) is 23.1 Å². The van der Waals surface area contributed by atoms with Crippen LogP contribution >= 0.6 is 0 Å². The first-order valence-electron chi connectivity index (χ1n) is 14.1. The second-order valence-electron chi connectivity index (χ2n) is 11.3. The van der Waals surface area contributed by atoms with Gasteiger partial charge in [0.25, 0.3) is 0 Å². The lowest BCUT2D eigenvalue weighted by molar-refractivity contribution is -0.163. The number of piperidine rings is 1. The molecule has 3 aliphatic rings. The first-order chi connectivity index (χ1) is 18.1. The molecule has 0 radical (unpaired) electrons. The van der Waals surface area contributed by atoms with Gasteiger partial charge in [-0.2, -0.15) is 0 Å². The van der Waals surface area contributed by atoms with Gasteiger partial charge in [0.15, 0.2) is 0 Å². The van der Waals surface area contributed by atoms with Crippen molar-refractivity contribution < 1.29 is 9.59 Å². The second-order valence-corrected chi connectivity index (χ2v) is 11.3. The molecule has 3 fully saturated rings. The smallest absolute Gasteiger partial charge is 0.246 e. The molecular formula is C31H38N4O2. The highest BCUT2D eigenvalue weighted by molar-refractivity contribution is 6.00. The average Bonchev–Trinajstić information content (AvgIpc) is 3.35. The third kappa shape index (κ3) is 4.79. The maximum Gasteiger partial charge on any atom is 0.246 e. The van der Waals surface area contributed by atoms with Crippen molar-refractivity contribution in [3.05, 3.63) is 71.9 Å². The normalized spacial score (nSPS) is 23.0. The molecule has 2 amide bonds. The highest BCUT2D eigenvalue weighted by Gasteiger charge is 2.53. The Bertz CT molecular complexity index is 1240. The predicted molar refractivity (Wildman–Crippen MR) is 146 cm³/mol. The number of carbonyl (C=O) groups excluding carboxylic acids is 2. The van der Waals surface area contributed by atoms with E-state index < -0.39 is 11.6 Å². The summed E-state index contributed by atoms with van der Waals surface area (Å²) in [5, 5.41) is 4.47. The molecule has 6 heteroatoms. The summed E-state index contributed by atoms with van der Waals surface area (Å²) >= 11 is 0. The predicted octanol–water partition coefficient (Wildman–Crippen LogP) is 5.00. The fraction of sp³-hybridized carbons (Fsp3) is 0.484. The van der Waals surface area contributed by atoms with Gasteiger partial charge in [-0.1, -0.05) is 80.6 Å². The number of para-hydroxylation sites is 1. The Labute approximate surface area is 219 Å². The minimum atomic E-state index is -0.771. The first kappa shape index (κ1) is 24.2. The number of fused-ring (bicyclic) bond motifs is 1. The number of amides is 2. The number of hydrogen-bond donors (Lipinski definition) is 2. The maximum absolute atomic E-state index is 14.0. The molecular weight excluding hydrogens is 460 g/mol. The number of aromatic nitrogens is 1. The SMILES string of the molecule is O=C1C(CC2CCCCC2)NC(=O)C2(CCN(Cc3c[nH]c4ccccc34)CC2)N1Cc1ccccc1. The summed E-state index contributed by atoms with van der Waals surface area (Å²) in [5.41, 5.74) is 2.75. The molecule has 0 bridgehead atoms. The summed E-state index contributed by atoms with van der Waals surface area (Å²) in [6.07, 6.45) is 10.3. The molecule has 1 aliphatic carbocycles. The lowest BCUT2D eigenvalue weighted by Gasteiger charge is -2.52. The maximum atomic E-state index is 14.0. The van der Waals surface area contributed by atoms with Gasteiger partial charge in [0.05, 0.1) is 0 Å². The molecule has 1 unspecified atom stereocenters. The molecule has 2 aromatic carbocycles. The Hall–Kier alpha value is -3.12. The van der Waals surface area contributed by atoms with Gasteiger partial charge in [-0.15, -0.1) is 0 Å². The number of rotatable bonds is 6. The number of nitrogens with one attached hydrogen (secondary N) is 2. The van der Waals surface area contributed by atoms with Gasteiger partial charge in [0, 0.05) is 43.3 Å². The number of carbonyl (C=O) groups is 2. The van der Waals surface area contributed by atoms with Crippen molar-refractivity contribution in [1.82, 2.24) is 20.1 Å². The third-order valence-corrected chi connectivity index (χ3v) is 9.04. The van der Waals surface area contributed by atoms with E-state index in [4.69, 9.17) is 0 Å². The second kappa shape index (κ2) is 10.3. The van der Waals surface area contributed by atoms with Gasteiger partial charge in [0.2, 0.25) is 11.8 Å². The standard InChI is InChI=1S/C31H38N4O2/c36-29-28(19-23-9-3-1-4-10-23)33-30(37)31(35(29)21-24-11-5-2-6-12-24)15-17-34(18-16-31)22-25-20-32-27-14-8-7-13-26(25)27/h2,5-8,11-14,20,23,28,32H,1,3-4,9-10,15-19,21-22H2,(H,33,37). The van der Waals surface area contributed by atoms with E-state index in [9.17, 15) is 9.59 Å². The van der Waals surface area contributed by atoms with Crippen molar-refractivity contribution in [3.63, 3.8) is 0 Å². The number of nitrogens with zero attached hydrogens (tertiary/aromatic N) is 2. The summed E-state index contributed by atoms with van der Waals surface area (Å²) in [7, 11) is 0. The summed E-state index contributed by atoms with van der Waals surface area (Å²) in [5.74, 6) is 0.698. The molecule has 194 valence electrons. The molecule has 3 aromatic rings.